The summed E-state index contributed by atoms with van der Waals surface area (Å²) in [6.07, 6.45) is 0.611. The SMILES string of the molecule is CCN(Cc1ccccc1)C(=O)C1CC1C(=O)Nc1cccc(OC)c1. The van der Waals surface area contributed by atoms with Gasteiger partial charge in [0, 0.05) is 24.8 Å². The molecule has 136 valence electrons. The lowest BCUT2D eigenvalue weighted by Gasteiger charge is -2.21. The van der Waals surface area contributed by atoms with Crippen molar-refractivity contribution in [2.75, 3.05) is 19.0 Å². The molecule has 1 fully saturated rings. The van der Waals surface area contributed by atoms with Gasteiger partial charge in [-0.25, -0.2) is 0 Å². The van der Waals surface area contributed by atoms with E-state index in [-0.39, 0.29) is 23.7 Å². The van der Waals surface area contributed by atoms with E-state index >= 15 is 0 Å². The van der Waals surface area contributed by atoms with Gasteiger partial charge in [-0.1, -0.05) is 36.4 Å². The molecule has 0 radical (unpaired) electrons. The highest BCUT2D eigenvalue weighted by molar-refractivity contribution is 5.99. The first kappa shape index (κ1) is 18.0. The Hall–Kier alpha value is -2.82. The normalized spacial score (nSPS) is 18.1. The second-order valence-electron chi connectivity index (χ2n) is 6.51. The minimum atomic E-state index is -0.251. The number of nitrogens with one attached hydrogen (secondary N) is 1. The molecule has 2 atom stereocenters. The van der Waals surface area contributed by atoms with Crippen LogP contribution in [0.1, 0.15) is 18.9 Å². The lowest BCUT2D eigenvalue weighted by Crippen LogP contribution is -2.33. The van der Waals surface area contributed by atoms with Crippen molar-refractivity contribution in [1.82, 2.24) is 4.90 Å². The zero-order chi connectivity index (χ0) is 18.5. The topological polar surface area (TPSA) is 58.6 Å². The van der Waals surface area contributed by atoms with Crippen LogP contribution in [0, 0.1) is 11.8 Å². The van der Waals surface area contributed by atoms with Crippen LogP contribution in [0.4, 0.5) is 5.69 Å². The number of hydrogen-bond donors (Lipinski definition) is 1. The molecule has 1 aliphatic carbocycles. The zero-order valence-electron chi connectivity index (χ0n) is 15.1. The molecule has 5 heteroatoms. The molecule has 2 unspecified atom stereocenters. The molecule has 1 saturated carbocycles. The van der Waals surface area contributed by atoms with E-state index in [9.17, 15) is 9.59 Å². The first-order chi connectivity index (χ1) is 12.6. The van der Waals surface area contributed by atoms with Crippen LogP contribution >= 0.6 is 0 Å². The van der Waals surface area contributed by atoms with Crippen molar-refractivity contribution in [1.29, 1.82) is 0 Å². The van der Waals surface area contributed by atoms with Crippen LogP contribution in [0.15, 0.2) is 54.6 Å². The number of carbonyl (C=O) groups is 2. The summed E-state index contributed by atoms with van der Waals surface area (Å²) < 4.78 is 5.16. The van der Waals surface area contributed by atoms with Crippen molar-refractivity contribution in [2.24, 2.45) is 11.8 Å². The van der Waals surface area contributed by atoms with Gasteiger partial charge in [-0.15, -0.1) is 0 Å². The van der Waals surface area contributed by atoms with Crippen molar-refractivity contribution in [3.05, 3.63) is 60.2 Å². The number of ether oxygens (including phenoxy) is 1. The van der Waals surface area contributed by atoms with Crippen molar-refractivity contribution in [2.45, 2.75) is 19.9 Å². The molecule has 0 spiro atoms. The number of anilines is 1. The maximum Gasteiger partial charge on any atom is 0.228 e. The van der Waals surface area contributed by atoms with E-state index in [2.05, 4.69) is 5.32 Å². The van der Waals surface area contributed by atoms with Crippen LogP contribution in [-0.4, -0.2) is 30.4 Å². The summed E-state index contributed by atoms with van der Waals surface area (Å²) in [5.74, 6) is 0.170. The van der Waals surface area contributed by atoms with Gasteiger partial charge in [0.05, 0.1) is 18.9 Å². The van der Waals surface area contributed by atoms with E-state index in [4.69, 9.17) is 4.74 Å². The molecular formula is C21H24N2O3. The number of nitrogens with zero attached hydrogens (tertiary/aromatic N) is 1. The number of amides is 2. The molecular weight excluding hydrogens is 328 g/mol. The fourth-order valence-electron chi connectivity index (χ4n) is 3.08. The van der Waals surface area contributed by atoms with Crippen molar-refractivity contribution in [3.8, 4) is 5.75 Å². The molecule has 5 nitrogen and oxygen atoms in total. The summed E-state index contributed by atoms with van der Waals surface area (Å²) in [7, 11) is 1.59. The van der Waals surface area contributed by atoms with Crippen molar-refractivity contribution < 1.29 is 14.3 Å². The molecule has 1 N–H and O–H groups in total. The molecule has 0 heterocycles. The van der Waals surface area contributed by atoms with Crippen LogP contribution in [0.5, 0.6) is 5.75 Å². The van der Waals surface area contributed by atoms with Crippen LogP contribution in [0.2, 0.25) is 0 Å². The molecule has 3 rings (SSSR count). The van der Waals surface area contributed by atoms with Gasteiger partial charge in [-0.05, 0) is 31.0 Å². The number of carbonyl (C=O) groups excluding carboxylic acids is 2. The summed E-state index contributed by atoms with van der Waals surface area (Å²) in [4.78, 5) is 27.0. The van der Waals surface area contributed by atoms with E-state index in [1.54, 1.807) is 13.2 Å². The Bertz CT molecular complexity index is 776. The Labute approximate surface area is 154 Å². The fourth-order valence-corrected chi connectivity index (χ4v) is 3.08. The van der Waals surface area contributed by atoms with E-state index in [0.29, 0.717) is 30.9 Å². The Morgan fingerprint density at radius 1 is 1.12 bits per heavy atom. The Morgan fingerprint density at radius 2 is 1.88 bits per heavy atom. The molecule has 26 heavy (non-hydrogen) atoms. The first-order valence-corrected chi connectivity index (χ1v) is 8.90. The molecule has 1 aliphatic rings. The molecule has 2 aromatic carbocycles. The van der Waals surface area contributed by atoms with Gasteiger partial charge in [0.15, 0.2) is 0 Å². The first-order valence-electron chi connectivity index (χ1n) is 8.90. The van der Waals surface area contributed by atoms with E-state index in [1.165, 1.54) is 0 Å². The highest BCUT2D eigenvalue weighted by Gasteiger charge is 2.49. The number of rotatable bonds is 7. The smallest absolute Gasteiger partial charge is 0.228 e. The van der Waals surface area contributed by atoms with Gasteiger partial charge in [0.1, 0.15) is 5.75 Å². The quantitative estimate of drug-likeness (QED) is 0.832. The average molecular weight is 352 g/mol. The second kappa shape index (κ2) is 8.04. The van der Waals surface area contributed by atoms with Crippen LogP contribution < -0.4 is 10.1 Å². The third-order valence-corrected chi connectivity index (χ3v) is 4.69. The monoisotopic (exact) mass is 352 g/mol. The molecule has 0 saturated heterocycles. The number of hydrogen-bond acceptors (Lipinski definition) is 3. The summed E-state index contributed by atoms with van der Waals surface area (Å²) in [6.45, 7) is 3.18. The number of benzene rings is 2. The minimum Gasteiger partial charge on any atom is -0.497 e. The fraction of sp³-hybridized carbons (Fsp3) is 0.333. The minimum absolute atomic E-state index is 0.0575. The predicted molar refractivity (Wildman–Crippen MR) is 101 cm³/mol. The standard InChI is InChI=1S/C21H24N2O3/c1-3-23(14-15-8-5-4-6-9-15)21(25)19-13-18(19)20(24)22-16-10-7-11-17(12-16)26-2/h4-12,18-19H,3,13-14H2,1-2H3,(H,22,24). The second-order valence-corrected chi connectivity index (χ2v) is 6.51. The summed E-state index contributed by atoms with van der Waals surface area (Å²) >= 11 is 0. The molecule has 0 aromatic heterocycles. The van der Waals surface area contributed by atoms with Crippen molar-refractivity contribution >= 4 is 17.5 Å². The third-order valence-electron chi connectivity index (χ3n) is 4.69. The summed E-state index contributed by atoms with van der Waals surface area (Å²) in [5, 5.41) is 2.88. The van der Waals surface area contributed by atoms with Crippen LogP contribution in [-0.2, 0) is 16.1 Å². The average Bonchev–Trinajstić information content (AvgIpc) is 3.47. The van der Waals surface area contributed by atoms with Gasteiger partial charge in [0.2, 0.25) is 11.8 Å². The van der Waals surface area contributed by atoms with E-state index in [0.717, 1.165) is 5.56 Å². The molecule has 2 amide bonds. The molecule has 0 bridgehead atoms. The van der Waals surface area contributed by atoms with E-state index < -0.39 is 0 Å². The maximum absolute atomic E-state index is 12.7. The molecule has 2 aromatic rings. The summed E-state index contributed by atoms with van der Waals surface area (Å²) in [5.41, 5.74) is 1.78. The van der Waals surface area contributed by atoms with Gasteiger partial charge in [0.25, 0.3) is 0 Å². The highest BCUT2D eigenvalue weighted by atomic mass is 16.5. The van der Waals surface area contributed by atoms with Crippen LogP contribution in [0.25, 0.3) is 0 Å². The third kappa shape index (κ3) is 4.23. The van der Waals surface area contributed by atoms with Gasteiger partial charge in [-0.2, -0.15) is 0 Å². The highest BCUT2D eigenvalue weighted by Crippen LogP contribution is 2.41. The van der Waals surface area contributed by atoms with E-state index in [1.807, 2.05) is 60.4 Å². The Kier molecular flexibility index (Phi) is 5.56. The van der Waals surface area contributed by atoms with Crippen molar-refractivity contribution in [3.63, 3.8) is 0 Å². The van der Waals surface area contributed by atoms with Gasteiger partial charge >= 0.3 is 0 Å². The Balaban J connectivity index is 1.57. The maximum atomic E-state index is 12.7. The lowest BCUT2D eigenvalue weighted by molar-refractivity contribution is -0.134. The zero-order valence-corrected chi connectivity index (χ0v) is 15.1. The van der Waals surface area contributed by atoms with Gasteiger partial charge in [-0.3, -0.25) is 9.59 Å². The Morgan fingerprint density at radius 3 is 2.58 bits per heavy atom. The summed E-state index contributed by atoms with van der Waals surface area (Å²) in [6, 6.07) is 17.1. The largest absolute Gasteiger partial charge is 0.497 e. The lowest BCUT2D eigenvalue weighted by atomic mass is 10.2. The predicted octanol–water partition coefficient (Wildman–Crippen LogP) is 3.32. The molecule has 0 aliphatic heterocycles. The number of methoxy groups -OCH3 is 1. The van der Waals surface area contributed by atoms with Gasteiger partial charge < -0.3 is 15.0 Å². The van der Waals surface area contributed by atoms with Crippen LogP contribution in [0.3, 0.4) is 0 Å².